The van der Waals surface area contributed by atoms with E-state index in [2.05, 4.69) is 9.97 Å². The number of anilines is 1. The summed E-state index contributed by atoms with van der Waals surface area (Å²) in [6, 6.07) is 12.1. The number of halogens is 2. The van der Waals surface area contributed by atoms with Crippen LogP contribution in [0.2, 0.25) is 0 Å². The molecule has 21 heavy (non-hydrogen) atoms. The SMILES string of the molecule is Nc1ccc2nc(-c3ccccc3C(=O)O)[nH]c2c1.[Cl-].[Cl-]. The largest absolute Gasteiger partial charge is 1.00 e. The summed E-state index contributed by atoms with van der Waals surface area (Å²) >= 11 is 0. The first-order valence-electron chi connectivity index (χ1n) is 5.73. The van der Waals surface area contributed by atoms with Gasteiger partial charge < -0.3 is 40.6 Å². The molecule has 0 amide bonds. The number of aromatic carboxylic acids is 1. The van der Waals surface area contributed by atoms with Crippen molar-refractivity contribution in [1.29, 1.82) is 0 Å². The number of H-pyrrole nitrogens is 1. The molecule has 3 aromatic rings. The maximum atomic E-state index is 11.2. The van der Waals surface area contributed by atoms with Gasteiger partial charge in [-0.2, -0.15) is 0 Å². The van der Waals surface area contributed by atoms with E-state index in [1.54, 1.807) is 42.5 Å². The van der Waals surface area contributed by atoms with E-state index >= 15 is 0 Å². The van der Waals surface area contributed by atoms with Crippen molar-refractivity contribution >= 4 is 22.7 Å². The fourth-order valence-corrected chi connectivity index (χ4v) is 2.03. The molecule has 0 aliphatic rings. The third-order valence-corrected chi connectivity index (χ3v) is 2.92. The molecule has 0 atom stereocenters. The molecule has 0 fully saturated rings. The van der Waals surface area contributed by atoms with Gasteiger partial charge in [-0.25, -0.2) is 9.78 Å². The van der Waals surface area contributed by atoms with Gasteiger partial charge in [0.05, 0.1) is 16.6 Å². The Balaban J connectivity index is 0.00000110. The Morgan fingerprint density at radius 3 is 2.57 bits per heavy atom. The number of fused-ring (bicyclic) bond motifs is 1. The first kappa shape index (κ1) is 16.8. The molecule has 1 heterocycles. The molecule has 0 saturated carbocycles. The highest BCUT2D eigenvalue weighted by molar-refractivity contribution is 5.96. The standard InChI is InChI=1S/C14H11N3O2.2ClH/c15-8-5-6-11-12(7-8)17-13(16-11)9-3-1-2-4-10(9)14(18)19;;/h1-7H,15H2,(H,16,17)(H,18,19);2*1H/p-2. The van der Waals surface area contributed by atoms with Crippen LogP contribution in [0.3, 0.4) is 0 Å². The molecular weight excluding hydrogens is 313 g/mol. The van der Waals surface area contributed by atoms with Crippen molar-refractivity contribution in [3.05, 3.63) is 48.0 Å². The average molecular weight is 324 g/mol. The monoisotopic (exact) mass is 323 g/mol. The topological polar surface area (TPSA) is 92.0 Å². The lowest BCUT2D eigenvalue weighted by Gasteiger charge is -2.01. The summed E-state index contributed by atoms with van der Waals surface area (Å²) < 4.78 is 0. The van der Waals surface area contributed by atoms with E-state index in [0.717, 1.165) is 11.0 Å². The average Bonchev–Trinajstić information content (AvgIpc) is 2.81. The molecular formula is C14H11Cl2N3O2-2. The predicted molar refractivity (Wildman–Crippen MR) is 72.9 cm³/mol. The number of carbonyl (C=O) groups is 1. The van der Waals surface area contributed by atoms with Crippen LogP contribution >= 0.6 is 0 Å². The summed E-state index contributed by atoms with van der Waals surface area (Å²) in [5.41, 5.74) is 8.66. The zero-order valence-corrected chi connectivity index (χ0v) is 12.2. The second-order valence-corrected chi connectivity index (χ2v) is 4.21. The highest BCUT2D eigenvalue weighted by atomic mass is 35.5. The zero-order chi connectivity index (χ0) is 13.4. The second-order valence-electron chi connectivity index (χ2n) is 4.21. The molecule has 7 heteroatoms. The minimum atomic E-state index is -0.976. The number of nitrogens with zero attached hydrogens (tertiary/aromatic N) is 1. The maximum Gasteiger partial charge on any atom is 0.336 e. The summed E-state index contributed by atoms with van der Waals surface area (Å²) in [5.74, 6) is -0.450. The summed E-state index contributed by atoms with van der Waals surface area (Å²) in [7, 11) is 0. The number of carboxylic acid groups (broad SMARTS) is 1. The van der Waals surface area contributed by atoms with Crippen LogP contribution in [0.1, 0.15) is 10.4 Å². The van der Waals surface area contributed by atoms with E-state index in [0.29, 0.717) is 17.1 Å². The molecule has 110 valence electrons. The van der Waals surface area contributed by atoms with Gasteiger partial charge in [0, 0.05) is 11.3 Å². The summed E-state index contributed by atoms with van der Waals surface area (Å²) in [5, 5.41) is 9.18. The second kappa shape index (κ2) is 6.47. The minimum absolute atomic E-state index is 0. The van der Waals surface area contributed by atoms with E-state index in [4.69, 9.17) is 5.73 Å². The van der Waals surface area contributed by atoms with Gasteiger partial charge in [-0.05, 0) is 24.3 Å². The van der Waals surface area contributed by atoms with Crippen molar-refractivity contribution in [3.8, 4) is 11.4 Å². The lowest BCUT2D eigenvalue weighted by molar-refractivity contribution is -0.00100. The molecule has 0 aliphatic carbocycles. The lowest BCUT2D eigenvalue weighted by Crippen LogP contribution is -3.00. The molecule has 1 aromatic heterocycles. The number of aromatic amines is 1. The van der Waals surface area contributed by atoms with Crippen LogP contribution in [0.25, 0.3) is 22.4 Å². The molecule has 3 rings (SSSR count). The fourth-order valence-electron chi connectivity index (χ4n) is 2.03. The summed E-state index contributed by atoms with van der Waals surface area (Å²) in [6.45, 7) is 0. The minimum Gasteiger partial charge on any atom is -1.00 e. The maximum absolute atomic E-state index is 11.2. The number of carboxylic acids is 1. The van der Waals surface area contributed by atoms with Crippen molar-refractivity contribution in [1.82, 2.24) is 9.97 Å². The van der Waals surface area contributed by atoms with Crippen LogP contribution in [0.4, 0.5) is 5.69 Å². The number of aromatic nitrogens is 2. The Morgan fingerprint density at radius 2 is 1.86 bits per heavy atom. The van der Waals surface area contributed by atoms with Crippen LogP contribution in [0.15, 0.2) is 42.5 Å². The Kier molecular flexibility index (Phi) is 5.18. The van der Waals surface area contributed by atoms with Crippen LogP contribution < -0.4 is 30.5 Å². The van der Waals surface area contributed by atoms with Crippen molar-refractivity contribution in [2.45, 2.75) is 0 Å². The van der Waals surface area contributed by atoms with Crippen LogP contribution in [-0.2, 0) is 0 Å². The van der Waals surface area contributed by atoms with E-state index in [1.807, 2.05) is 0 Å². The molecule has 0 aliphatic heterocycles. The Bertz CT molecular complexity index is 787. The van der Waals surface area contributed by atoms with Gasteiger partial charge in [0.25, 0.3) is 0 Å². The number of benzene rings is 2. The predicted octanol–water partition coefficient (Wildman–Crippen LogP) is -3.48. The number of nitrogens with one attached hydrogen (secondary N) is 1. The third kappa shape index (κ3) is 3.09. The van der Waals surface area contributed by atoms with E-state index < -0.39 is 5.97 Å². The van der Waals surface area contributed by atoms with E-state index in [-0.39, 0.29) is 30.4 Å². The Labute approximate surface area is 133 Å². The quantitative estimate of drug-likeness (QED) is 0.427. The van der Waals surface area contributed by atoms with Crippen LogP contribution in [0.5, 0.6) is 0 Å². The molecule has 0 saturated heterocycles. The van der Waals surface area contributed by atoms with Gasteiger partial charge in [-0.15, -0.1) is 0 Å². The highest BCUT2D eigenvalue weighted by Crippen LogP contribution is 2.24. The van der Waals surface area contributed by atoms with E-state index in [1.165, 1.54) is 0 Å². The molecule has 0 spiro atoms. The first-order chi connectivity index (χ1) is 9.15. The van der Waals surface area contributed by atoms with Gasteiger partial charge in [-0.1, -0.05) is 18.2 Å². The number of rotatable bonds is 2. The van der Waals surface area contributed by atoms with Gasteiger partial charge in [0.15, 0.2) is 0 Å². The Hall–Kier alpha value is -2.24. The van der Waals surface area contributed by atoms with E-state index in [9.17, 15) is 9.90 Å². The molecule has 2 aromatic carbocycles. The Morgan fingerprint density at radius 1 is 1.14 bits per heavy atom. The number of nitrogen functional groups attached to an aromatic ring is 1. The summed E-state index contributed by atoms with van der Waals surface area (Å²) in [6.07, 6.45) is 0. The van der Waals surface area contributed by atoms with Gasteiger partial charge in [0.2, 0.25) is 0 Å². The highest BCUT2D eigenvalue weighted by Gasteiger charge is 2.13. The lowest BCUT2D eigenvalue weighted by atomic mass is 10.1. The third-order valence-electron chi connectivity index (χ3n) is 2.92. The molecule has 0 radical (unpaired) electrons. The van der Waals surface area contributed by atoms with Gasteiger partial charge in [0.1, 0.15) is 5.82 Å². The number of nitrogens with two attached hydrogens (primary N) is 1. The first-order valence-corrected chi connectivity index (χ1v) is 5.73. The molecule has 5 nitrogen and oxygen atoms in total. The number of hydrogen-bond donors (Lipinski definition) is 3. The smallest absolute Gasteiger partial charge is 0.336 e. The van der Waals surface area contributed by atoms with Crippen molar-refractivity contribution in [2.75, 3.05) is 5.73 Å². The van der Waals surface area contributed by atoms with Crippen LogP contribution in [-0.4, -0.2) is 21.0 Å². The van der Waals surface area contributed by atoms with Crippen LogP contribution in [0, 0.1) is 0 Å². The van der Waals surface area contributed by atoms with Crippen molar-refractivity contribution in [2.24, 2.45) is 0 Å². The fraction of sp³-hybridized carbons (Fsp3) is 0. The normalized spacial score (nSPS) is 9.71. The zero-order valence-electron chi connectivity index (χ0n) is 10.7. The number of imidazole rings is 1. The van der Waals surface area contributed by atoms with Crippen molar-refractivity contribution < 1.29 is 34.7 Å². The molecule has 4 N–H and O–H groups in total. The van der Waals surface area contributed by atoms with Crippen molar-refractivity contribution in [3.63, 3.8) is 0 Å². The molecule has 0 bridgehead atoms. The summed E-state index contributed by atoms with van der Waals surface area (Å²) in [4.78, 5) is 18.7. The van der Waals surface area contributed by atoms with Gasteiger partial charge >= 0.3 is 5.97 Å². The van der Waals surface area contributed by atoms with Gasteiger partial charge in [-0.3, -0.25) is 0 Å². The number of hydrogen-bond acceptors (Lipinski definition) is 3. The molecule has 0 unspecified atom stereocenters.